The fourth-order valence-corrected chi connectivity index (χ4v) is 3.33. The zero-order valence-electron chi connectivity index (χ0n) is 15.1. The van der Waals surface area contributed by atoms with Crippen LogP contribution in [0.2, 0.25) is 0 Å². The van der Waals surface area contributed by atoms with E-state index in [9.17, 15) is 4.79 Å². The molecule has 1 fully saturated rings. The summed E-state index contributed by atoms with van der Waals surface area (Å²) in [4.78, 5) is 17.4. The zero-order chi connectivity index (χ0) is 18.3. The third kappa shape index (κ3) is 3.03. The molecule has 26 heavy (non-hydrogen) atoms. The summed E-state index contributed by atoms with van der Waals surface area (Å²) in [5.74, 6) is 1.15. The first-order valence-electron chi connectivity index (χ1n) is 8.75. The van der Waals surface area contributed by atoms with Crippen molar-refractivity contribution in [2.75, 3.05) is 7.11 Å². The van der Waals surface area contributed by atoms with Crippen LogP contribution in [-0.2, 0) is 0 Å². The Hall–Kier alpha value is -2.89. The molecule has 6 nitrogen and oxygen atoms in total. The lowest BCUT2D eigenvalue weighted by atomic mass is 10.0. The minimum atomic E-state index is -0.125. The summed E-state index contributed by atoms with van der Waals surface area (Å²) in [6, 6.07) is 9.66. The number of methoxy groups -OCH3 is 1. The van der Waals surface area contributed by atoms with Gasteiger partial charge in [-0.05, 0) is 56.4 Å². The van der Waals surface area contributed by atoms with Gasteiger partial charge in [-0.15, -0.1) is 0 Å². The van der Waals surface area contributed by atoms with Crippen molar-refractivity contribution in [1.29, 1.82) is 0 Å². The van der Waals surface area contributed by atoms with E-state index in [0.29, 0.717) is 28.3 Å². The van der Waals surface area contributed by atoms with Crippen LogP contribution in [0, 0.1) is 19.8 Å². The molecule has 2 aromatic heterocycles. The van der Waals surface area contributed by atoms with Crippen LogP contribution >= 0.6 is 0 Å². The molecular formula is C20H21N3O3. The van der Waals surface area contributed by atoms with Gasteiger partial charge < -0.3 is 14.6 Å². The maximum Gasteiger partial charge on any atom is 0.258 e. The fraction of sp³-hybridized carbons (Fsp3) is 0.350. The van der Waals surface area contributed by atoms with Crippen molar-refractivity contribution in [3.05, 3.63) is 52.8 Å². The molecular weight excluding hydrogens is 330 g/mol. The van der Waals surface area contributed by atoms with Gasteiger partial charge in [0.2, 0.25) is 0 Å². The predicted molar refractivity (Wildman–Crippen MR) is 97.2 cm³/mol. The van der Waals surface area contributed by atoms with Gasteiger partial charge in [-0.1, -0.05) is 17.3 Å². The minimum absolute atomic E-state index is 0.0166. The monoisotopic (exact) mass is 351 g/mol. The van der Waals surface area contributed by atoms with Gasteiger partial charge in [0.05, 0.1) is 29.8 Å². The number of rotatable bonds is 5. The Morgan fingerprint density at radius 3 is 2.65 bits per heavy atom. The maximum atomic E-state index is 13.1. The lowest BCUT2D eigenvalue weighted by molar-refractivity contribution is 0.0933. The first kappa shape index (κ1) is 16.6. The van der Waals surface area contributed by atoms with Crippen molar-refractivity contribution >= 4 is 17.0 Å². The molecule has 3 aromatic rings. The summed E-state index contributed by atoms with van der Waals surface area (Å²) in [5, 5.41) is 7.84. The van der Waals surface area contributed by atoms with E-state index in [1.165, 1.54) is 0 Å². The highest BCUT2D eigenvalue weighted by atomic mass is 16.5. The van der Waals surface area contributed by atoms with Crippen LogP contribution in [0.25, 0.3) is 11.1 Å². The van der Waals surface area contributed by atoms with Crippen molar-refractivity contribution in [3.8, 4) is 5.75 Å². The quantitative estimate of drug-likeness (QED) is 0.758. The lowest BCUT2D eigenvalue weighted by Crippen LogP contribution is -2.30. The van der Waals surface area contributed by atoms with Crippen LogP contribution in [-0.4, -0.2) is 23.2 Å². The van der Waals surface area contributed by atoms with E-state index in [4.69, 9.17) is 9.26 Å². The predicted octanol–water partition coefficient (Wildman–Crippen LogP) is 3.73. The Balaban J connectivity index is 1.66. The average Bonchev–Trinajstić information content (AvgIpc) is 3.42. The SMILES string of the molecule is COc1ccc([C@H](NC(=O)c2cc(C)nc3onc(C)c23)C2CC2)cc1. The number of aromatic nitrogens is 2. The Bertz CT molecular complexity index is 958. The first-order valence-corrected chi connectivity index (χ1v) is 8.75. The highest BCUT2D eigenvalue weighted by molar-refractivity contribution is 6.06. The normalized spacial score (nSPS) is 15.0. The van der Waals surface area contributed by atoms with Gasteiger partial charge in [0.15, 0.2) is 0 Å². The van der Waals surface area contributed by atoms with Crippen molar-refractivity contribution in [3.63, 3.8) is 0 Å². The van der Waals surface area contributed by atoms with E-state index in [-0.39, 0.29) is 11.9 Å². The Morgan fingerprint density at radius 2 is 2.00 bits per heavy atom. The van der Waals surface area contributed by atoms with Gasteiger partial charge in [0.25, 0.3) is 11.6 Å². The molecule has 2 heterocycles. The molecule has 1 aromatic carbocycles. The number of fused-ring (bicyclic) bond motifs is 1. The molecule has 0 aliphatic heterocycles. The molecule has 4 rings (SSSR count). The molecule has 1 N–H and O–H groups in total. The molecule has 1 atom stereocenters. The molecule has 134 valence electrons. The Labute approximate surface area is 151 Å². The van der Waals surface area contributed by atoms with Crippen molar-refractivity contribution in [1.82, 2.24) is 15.5 Å². The second kappa shape index (κ2) is 6.44. The number of hydrogen-bond donors (Lipinski definition) is 1. The number of nitrogens with zero attached hydrogens (tertiary/aromatic N) is 2. The summed E-state index contributed by atoms with van der Waals surface area (Å²) < 4.78 is 10.5. The summed E-state index contributed by atoms with van der Waals surface area (Å²) >= 11 is 0. The van der Waals surface area contributed by atoms with E-state index in [1.54, 1.807) is 13.2 Å². The van der Waals surface area contributed by atoms with Crippen LogP contribution in [0.1, 0.15) is 46.2 Å². The van der Waals surface area contributed by atoms with Crippen molar-refractivity contribution in [2.45, 2.75) is 32.7 Å². The summed E-state index contributed by atoms with van der Waals surface area (Å²) in [5.41, 5.74) is 3.45. The van der Waals surface area contributed by atoms with Crippen molar-refractivity contribution < 1.29 is 14.1 Å². The molecule has 0 radical (unpaired) electrons. The van der Waals surface area contributed by atoms with Crippen LogP contribution in [0.15, 0.2) is 34.9 Å². The third-order valence-electron chi connectivity index (χ3n) is 4.84. The Kier molecular flexibility index (Phi) is 4.11. The molecule has 1 saturated carbocycles. The second-order valence-corrected chi connectivity index (χ2v) is 6.82. The van der Waals surface area contributed by atoms with E-state index < -0.39 is 0 Å². The van der Waals surface area contributed by atoms with Gasteiger partial charge in [-0.3, -0.25) is 4.79 Å². The Morgan fingerprint density at radius 1 is 1.27 bits per heavy atom. The zero-order valence-corrected chi connectivity index (χ0v) is 15.1. The van der Waals surface area contributed by atoms with E-state index in [2.05, 4.69) is 15.5 Å². The van der Waals surface area contributed by atoms with Gasteiger partial charge >= 0.3 is 0 Å². The number of aryl methyl sites for hydroxylation is 2. The van der Waals surface area contributed by atoms with E-state index in [0.717, 1.165) is 29.8 Å². The molecule has 0 unspecified atom stereocenters. The number of nitrogens with one attached hydrogen (secondary N) is 1. The van der Waals surface area contributed by atoms with Crippen LogP contribution in [0.5, 0.6) is 5.75 Å². The molecule has 1 aliphatic carbocycles. The topological polar surface area (TPSA) is 77.2 Å². The third-order valence-corrected chi connectivity index (χ3v) is 4.84. The number of ether oxygens (including phenoxy) is 1. The van der Waals surface area contributed by atoms with E-state index in [1.807, 2.05) is 38.1 Å². The number of hydrogen-bond acceptors (Lipinski definition) is 5. The smallest absolute Gasteiger partial charge is 0.258 e. The first-order chi connectivity index (χ1) is 12.6. The summed E-state index contributed by atoms with van der Waals surface area (Å²) in [7, 11) is 1.65. The highest BCUT2D eigenvalue weighted by Gasteiger charge is 2.34. The largest absolute Gasteiger partial charge is 0.497 e. The van der Waals surface area contributed by atoms with Crippen LogP contribution in [0.4, 0.5) is 0 Å². The maximum absolute atomic E-state index is 13.1. The van der Waals surface area contributed by atoms with Crippen LogP contribution in [0.3, 0.4) is 0 Å². The summed E-state index contributed by atoms with van der Waals surface area (Å²) in [6.07, 6.45) is 2.24. The van der Waals surface area contributed by atoms with E-state index >= 15 is 0 Å². The number of amides is 1. The molecule has 1 aliphatic rings. The molecule has 1 amide bonds. The number of pyridine rings is 1. The van der Waals surface area contributed by atoms with Crippen molar-refractivity contribution in [2.24, 2.45) is 5.92 Å². The van der Waals surface area contributed by atoms with Gasteiger partial charge in [0, 0.05) is 5.69 Å². The number of carbonyl (C=O) groups is 1. The summed E-state index contributed by atoms with van der Waals surface area (Å²) in [6.45, 7) is 3.66. The standard InChI is InChI=1S/C20H21N3O3/c1-11-10-16(17-12(2)23-26-20(17)21-11)19(24)22-18(13-4-5-13)14-6-8-15(25-3)9-7-14/h6-10,13,18H,4-5H2,1-3H3,(H,22,24)/t18-/m1/s1. The molecule has 6 heteroatoms. The number of carbonyl (C=O) groups excluding carboxylic acids is 1. The van der Waals surface area contributed by atoms with Gasteiger partial charge in [-0.25, -0.2) is 4.98 Å². The molecule has 0 bridgehead atoms. The average molecular weight is 351 g/mol. The molecule has 0 saturated heterocycles. The fourth-order valence-electron chi connectivity index (χ4n) is 3.33. The highest BCUT2D eigenvalue weighted by Crippen LogP contribution is 2.41. The minimum Gasteiger partial charge on any atom is -0.497 e. The van der Waals surface area contributed by atoms with Gasteiger partial charge in [0.1, 0.15) is 5.75 Å². The van der Waals surface area contributed by atoms with Gasteiger partial charge in [-0.2, -0.15) is 0 Å². The lowest BCUT2D eigenvalue weighted by Gasteiger charge is -2.19. The number of benzene rings is 1. The van der Waals surface area contributed by atoms with Crippen LogP contribution < -0.4 is 10.1 Å². The second-order valence-electron chi connectivity index (χ2n) is 6.82. The molecule has 0 spiro atoms.